The predicted molar refractivity (Wildman–Crippen MR) is 205 cm³/mol. The number of anilines is 2. The zero-order valence-electron chi connectivity index (χ0n) is 28.7. The average molecular weight is 752 g/mol. The van der Waals surface area contributed by atoms with E-state index in [1.165, 1.54) is 57.4 Å². The lowest BCUT2D eigenvalue weighted by molar-refractivity contribution is -0.116. The first-order valence-corrected chi connectivity index (χ1v) is 17.2. The fourth-order valence-corrected chi connectivity index (χ4v) is 6.43. The van der Waals surface area contributed by atoms with Crippen LogP contribution in [-0.4, -0.2) is 50.1 Å². The highest BCUT2D eigenvalue weighted by molar-refractivity contribution is 8.00. The second-order valence-electron chi connectivity index (χ2n) is 11.2. The molecule has 0 saturated heterocycles. The molecule has 0 spiro atoms. The third-order valence-corrected chi connectivity index (χ3v) is 9.26. The SMILES string of the molecule is COc1cc(/C=C(/NC(=O)c2ccccc2)C(=O)Nc2cccc(SC(C(=O)Nc3ccc(Cl)c(C(=O)O)c3)c3ccccc3)c2)cc(OC)c1OC. The molecule has 4 N–H and O–H groups in total. The minimum Gasteiger partial charge on any atom is -0.493 e. The molecular weight excluding hydrogens is 718 g/mol. The van der Waals surface area contributed by atoms with Crippen LogP contribution in [-0.2, 0) is 9.59 Å². The van der Waals surface area contributed by atoms with E-state index in [2.05, 4.69) is 16.0 Å². The summed E-state index contributed by atoms with van der Waals surface area (Å²) in [6.07, 6.45) is 1.49. The van der Waals surface area contributed by atoms with Crippen LogP contribution in [0.3, 0.4) is 0 Å². The van der Waals surface area contributed by atoms with E-state index in [9.17, 15) is 24.3 Å². The van der Waals surface area contributed by atoms with Gasteiger partial charge in [0.2, 0.25) is 11.7 Å². The number of carbonyl (C=O) groups excluding carboxylic acids is 3. The molecule has 0 aliphatic heterocycles. The van der Waals surface area contributed by atoms with Gasteiger partial charge >= 0.3 is 5.97 Å². The lowest BCUT2D eigenvalue weighted by atomic mass is 10.1. The molecule has 0 heterocycles. The molecule has 0 saturated carbocycles. The number of carboxylic acids is 1. The second kappa shape index (κ2) is 17.8. The zero-order valence-corrected chi connectivity index (χ0v) is 30.3. The number of hydrogen-bond acceptors (Lipinski definition) is 8. The minimum atomic E-state index is -1.22. The standard InChI is InChI=1S/C40H34ClN3O8S/c1-50-33-20-24(21-34(51-2)35(33)52-3)19-32(44-37(45)26-13-8-5-9-14-26)38(46)42-27-15-10-16-29(22-27)53-36(25-11-6-4-7-12-25)39(47)43-28-17-18-31(41)30(23-28)40(48)49/h4-23,36H,1-3H3,(H,42,46)(H,43,47)(H,44,45)(H,48,49)/b32-19+. The number of rotatable bonds is 14. The van der Waals surface area contributed by atoms with Gasteiger partial charge in [-0.05, 0) is 77.9 Å². The Hall–Kier alpha value is -6.24. The summed E-state index contributed by atoms with van der Waals surface area (Å²) in [5.41, 5.74) is 1.96. The largest absolute Gasteiger partial charge is 0.493 e. The molecule has 11 nitrogen and oxygen atoms in total. The van der Waals surface area contributed by atoms with Gasteiger partial charge in [0.25, 0.3) is 11.8 Å². The number of nitrogens with one attached hydrogen (secondary N) is 3. The zero-order chi connectivity index (χ0) is 37.9. The highest BCUT2D eigenvalue weighted by Crippen LogP contribution is 2.39. The van der Waals surface area contributed by atoms with Gasteiger partial charge in [0.1, 0.15) is 10.9 Å². The Morgan fingerprint density at radius 2 is 1.38 bits per heavy atom. The van der Waals surface area contributed by atoms with Gasteiger partial charge in [0.05, 0.1) is 31.9 Å². The number of carboxylic acid groups (broad SMARTS) is 1. The van der Waals surface area contributed by atoms with Crippen LogP contribution in [0, 0.1) is 0 Å². The van der Waals surface area contributed by atoms with Gasteiger partial charge in [-0.1, -0.05) is 66.2 Å². The first kappa shape index (κ1) is 38.0. The number of carbonyl (C=O) groups is 4. The smallest absolute Gasteiger partial charge is 0.337 e. The number of benzene rings is 5. The maximum Gasteiger partial charge on any atom is 0.337 e. The van der Waals surface area contributed by atoms with Crippen molar-refractivity contribution >= 4 is 64.5 Å². The van der Waals surface area contributed by atoms with Crippen LogP contribution in [0.2, 0.25) is 5.02 Å². The van der Waals surface area contributed by atoms with Gasteiger partial charge in [0, 0.05) is 21.8 Å². The van der Waals surface area contributed by atoms with E-state index in [1.807, 2.05) is 30.3 Å². The van der Waals surface area contributed by atoms with Crippen molar-refractivity contribution in [2.75, 3.05) is 32.0 Å². The normalized spacial score (nSPS) is 11.5. The fourth-order valence-electron chi connectivity index (χ4n) is 5.15. The molecule has 5 aromatic rings. The van der Waals surface area contributed by atoms with Crippen molar-refractivity contribution in [3.63, 3.8) is 0 Å². The number of amides is 3. The van der Waals surface area contributed by atoms with Gasteiger partial charge in [0.15, 0.2) is 11.5 Å². The van der Waals surface area contributed by atoms with E-state index in [-0.39, 0.29) is 22.0 Å². The molecule has 0 aliphatic carbocycles. The molecule has 0 fully saturated rings. The van der Waals surface area contributed by atoms with Crippen LogP contribution in [0.25, 0.3) is 6.08 Å². The molecule has 53 heavy (non-hydrogen) atoms. The molecule has 0 aromatic heterocycles. The molecule has 0 radical (unpaired) electrons. The van der Waals surface area contributed by atoms with Gasteiger partial charge in [-0.25, -0.2) is 4.79 Å². The summed E-state index contributed by atoms with van der Waals surface area (Å²) in [6, 6.07) is 31.9. The lowest BCUT2D eigenvalue weighted by Gasteiger charge is -2.18. The van der Waals surface area contributed by atoms with E-state index in [0.29, 0.717) is 44.5 Å². The number of thioether (sulfide) groups is 1. The molecular formula is C40H34ClN3O8S. The second-order valence-corrected chi connectivity index (χ2v) is 12.8. The quantitative estimate of drug-likeness (QED) is 0.0655. The summed E-state index contributed by atoms with van der Waals surface area (Å²) in [7, 11) is 4.42. The van der Waals surface area contributed by atoms with Crippen molar-refractivity contribution in [3.8, 4) is 17.2 Å². The number of halogens is 1. The molecule has 0 aliphatic rings. The molecule has 1 atom stereocenters. The monoisotopic (exact) mass is 751 g/mol. The number of aromatic carboxylic acids is 1. The van der Waals surface area contributed by atoms with Crippen LogP contribution in [0.5, 0.6) is 17.2 Å². The van der Waals surface area contributed by atoms with E-state index >= 15 is 0 Å². The maximum atomic E-state index is 13.9. The van der Waals surface area contributed by atoms with E-state index in [1.54, 1.807) is 66.7 Å². The van der Waals surface area contributed by atoms with Crippen molar-refractivity contribution < 1.29 is 38.5 Å². The highest BCUT2D eigenvalue weighted by atomic mass is 35.5. The molecule has 1 unspecified atom stereocenters. The number of ether oxygens (including phenoxy) is 3. The third-order valence-electron chi connectivity index (χ3n) is 7.68. The summed E-state index contributed by atoms with van der Waals surface area (Å²) in [6.45, 7) is 0. The summed E-state index contributed by atoms with van der Waals surface area (Å²) < 4.78 is 16.4. The Morgan fingerprint density at radius 1 is 0.736 bits per heavy atom. The van der Waals surface area contributed by atoms with Crippen LogP contribution >= 0.6 is 23.4 Å². The molecule has 0 bridgehead atoms. The van der Waals surface area contributed by atoms with Crippen molar-refractivity contribution in [1.82, 2.24) is 5.32 Å². The Labute approximate surface area is 314 Å². The van der Waals surface area contributed by atoms with Crippen molar-refractivity contribution in [2.45, 2.75) is 10.1 Å². The third kappa shape index (κ3) is 9.76. The Morgan fingerprint density at radius 3 is 2.00 bits per heavy atom. The Bertz CT molecular complexity index is 2140. The van der Waals surface area contributed by atoms with E-state index in [4.69, 9.17) is 25.8 Å². The van der Waals surface area contributed by atoms with Crippen molar-refractivity contribution in [3.05, 3.63) is 148 Å². The summed E-state index contributed by atoms with van der Waals surface area (Å²) in [5, 5.41) is 17.1. The summed E-state index contributed by atoms with van der Waals surface area (Å²) >= 11 is 7.25. The van der Waals surface area contributed by atoms with Crippen LogP contribution in [0.4, 0.5) is 11.4 Å². The number of methoxy groups -OCH3 is 3. The first-order valence-electron chi connectivity index (χ1n) is 15.9. The van der Waals surface area contributed by atoms with Gasteiger partial charge in [-0.2, -0.15) is 0 Å². The molecule has 5 aromatic carbocycles. The molecule has 270 valence electrons. The van der Waals surface area contributed by atoms with E-state index in [0.717, 1.165) is 0 Å². The topological polar surface area (TPSA) is 152 Å². The summed E-state index contributed by atoms with van der Waals surface area (Å²) in [5.74, 6) is -1.69. The predicted octanol–water partition coefficient (Wildman–Crippen LogP) is 7.95. The van der Waals surface area contributed by atoms with Crippen molar-refractivity contribution in [2.24, 2.45) is 0 Å². The summed E-state index contributed by atoms with van der Waals surface area (Å²) in [4.78, 5) is 53.1. The van der Waals surface area contributed by atoms with Crippen LogP contribution < -0.4 is 30.2 Å². The average Bonchev–Trinajstić information content (AvgIpc) is 3.17. The van der Waals surface area contributed by atoms with Crippen LogP contribution in [0.1, 0.15) is 37.1 Å². The fraction of sp³-hybridized carbons (Fsp3) is 0.100. The van der Waals surface area contributed by atoms with Gasteiger partial charge in [-0.15, -0.1) is 11.8 Å². The van der Waals surface area contributed by atoms with Crippen LogP contribution in [0.15, 0.2) is 126 Å². The minimum absolute atomic E-state index is 0.0458. The van der Waals surface area contributed by atoms with Gasteiger partial charge < -0.3 is 35.3 Å². The lowest BCUT2D eigenvalue weighted by Crippen LogP contribution is -2.30. The van der Waals surface area contributed by atoms with Crippen molar-refractivity contribution in [1.29, 1.82) is 0 Å². The highest BCUT2D eigenvalue weighted by Gasteiger charge is 2.24. The van der Waals surface area contributed by atoms with E-state index < -0.39 is 28.9 Å². The maximum absolute atomic E-state index is 13.9. The Kier molecular flexibility index (Phi) is 12.8. The number of hydrogen-bond donors (Lipinski definition) is 4. The first-order chi connectivity index (χ1) is 25.6. The van der Waals surface area contributed by atoms with Gasteiger partial charge in [-0.3, -0.25) is 14.4 Å². The molecule has 13 heteroatoms. The molecule has 5 rings (SSSR count). The Balaban J connectivity index is 1.43. The molecule has 3 amide bonds.